The number of imidazole rings is 1. The number of benzene rings is 1. The number of carboxylic acids is 1. The van der Waals surface area contributed by atoms with Crippen molar-refractivity contribution in [1.29, 1.82) is 0 Å². The van der Waals surface area contributed by atoms with Crippen LogP contribution in [0.5, 0.6) is 0 Å². The van der Waals surface area contributed by atoms with E-state index in [0.29, 0.717) is 18.7 Å². The number of fused-ring (bicyclic) bond motifs is 3. The molecule has 0 saturated carbocycles. The largest absolute Gasteiger partial charge is 0.481 e. The molecular weight excluding hydrogens is 334 g/mol. The topological polar surface area (TPSA) is 58.4 Å². The molecule has 1 N–H and O–H groups in total. The number of rotatable bonds is 6. The van der Waals surface area contributed by atoms with Gasteiger partial charge in [-0.1, -0.05) is 0 Å². The van der Waals surface area contributed by atoms with E-state index in [1.807, 2.05) is 18.8 Å². The highest BCUT2D eigenvalue weighted by Gasteiger charge is 2.22. The maximum absolute atomic E-state index is 10.7. The number of anilines is 1. The third-order valence-corrected chi connectivity index (χ3v) is 5.42. The highest BCUT2D eigenvalue weighted by atomic mass is 35.5. The molecular formula is C16H20ClN3O2S. The number of halogens is 1. The van der Waals surface area contributed by atoms with Crippen LogP contribution in [-0.4, -0.2) is 45.3 Å². The van der Waals surface area contributed by atoms with E-state index in [-0.39, 0.29) is 6.42 Å². The van der Waals surface area contributed by atoms with Crippen molar-refractivity contribution in [3.8, 4) is 0 Å². The Kier molecular flexibility index (Phi) is 5.02. The van der Waals surface area contributed by atoms with E-state index < -0.39 is 5.97 Å². The van der Waals surface area contributed by atoms with Crippen LogP contribution >= 0.6 is 23.4 Å². The first kappa shape index (κ1) is 16.5. The van der Waals surface area contributed by atoms with Crippen molar-refractivity contribution in [2.45, 2.75) is 24.2 Å². The highest BCUT2D eigenvalue weighted by molar-refractivity contribution is 7.99. The standard InChI is InChI=1S/C16H20ClN3O2S/c1-19-11-5-6-12-16(23-10-9-20(12)8-7-17)15(11)18-13(19)3-2-4-14(21)22/h5-6H,2-4,7-10H2,1H3,(H,21,22). The molecule has 1 aromatic carbocycles. The van der Waals surface area contributed by atoms with Crippen LogP contribution in [0.3, 0.4) is 0 Å². The van der Waals surface area contributed by atoms with Gasteiger partial charge in [-0.25, -0.2) is 4.98 Å². The van der Waals surface area contributed by atoms with E-state index in [1.54, 1.807) is 0 Å². The molecule has 2 heterocycles. The average molecular weight is 354 g/mol. The normalized spacial score (nSPS) is 14.3. The summed E-state index contributed by atoms with van der Waals surface area (Å²) in [6, 6.07) is 4.26. The summed E-state index contributed by atoms with van der Waals surface area (Å²) in [5, 5.41) is 8.79. The maximum Gasteiger partial charge on any atom is 0.303 e. The summed E-state index contributed by atoms with van der Waals surface area (Å²) < 4.78 is 2.08. The first-order chi connectivity index (χ1) is 11.1. The molecule has 5 nitrogen and oxygen atoms in total. The van der Waals surface area contributed by atoms with Crippen LogP contribution in [0.25, 0.3) is 11.0 Å². The lowest BCUT2D eigenvalue weighted by atomic mass is 10.2. The summed E-state index contributed by atoms with van der Waals surface area (Å²) in [5.41, 5.74) is 3.35. The number of hydrogen-bond donors (Lipinski definition) is 1. The summed E-state index contributed by atoms with van der Waals surface area (Å²) in [7, 11) is 2.00. The van der Waals surface area contributed by atoms with Crippen molar-refractivity contribution in [3.63, 3.8) is 0 Å². The maximum atomic E-state index is 10.7. The molecule has 7 heteroatoms. The number of nitrogens with zero attached hydrogens (tertiary/aromatic N) is 3. The molecule has 124 valence electrons. The van der Waals surface area contributed by atoms with Gasteiger partial charge in [0.05, 0.1) is 16.1 Å². The molecule has 23 heavy (non-hydrogen) atoms. The molecule has 0 aliphatic carbocycles. The summed E-state index contributed by atoms with van der Waals surface area (Å²) in [6.45, 7) is 1.85. The average Bonchev–Trinajstić information content (AvgIpc) is 2.85. The molecule has 1 aliphatic heterocycles. The fraction of sp³-hybridized carbons (Fsp3) is 0.500. The number of aromatic nitrogens is 2. The van der Waals surface area contributed by atoms with E-state index in [1.165, 1.54) is 10.6 Å². The van der Waals surface area contributed by atoms with Crippen LogP contribution in [0, 0.1) is 0 Å². The fourth-order valence-corrected chi connectivity index (χ4v) is 4.35. The molecule has 0 atom stereocenters. The first-order valence-corrected chi connectivity index (χ1v) is 9.27. The van der Waals surface area contributed by atoms with Crippen LogP contribution in [0.4, 0.5) is 5.69 Å². The summed E-state index contributed by atoms with van der Waals surface area (Å²) in [5.74, 6) is 1.84. The Bertz CT molecular complexity index is 732. The van der Waals surface area contributed by atoms with Crippen molar-refractivity contribution in [2.75, 3.05) is 29.6 Å². The molecule has 1 aromatic heterocycles. The van der Waals surface area contributed by atoms with Crippen LogP contribution in [0.2, 0.25) is 0 Å². The first-order valence-electron chi connectivity index (χ1n) is 7.75. The molecule has 3 rings (SSSR count). The number of carbonyl (C=O) groups is 1. The predicted molar refractivity (Wildman–Crippen MR) is 94.9 cm³/mol. The zero-order chi connectivity index (χ0) is 16.4. The minimum atomic E-state index is -0.756. The lowest BCUT2D eigenvalue weighted by Crippen LogP contribution is -2.30. The number of aryl methyl sites for hydroxylation is 2. The van der Waals surface area contributed by atoms with E-state index in [0.717, 1.165) is 35.7 Å². The summed E-state index contributed by atoms with van der Waals surface area (Å²) >= 11 is 7.76. The fourth-order valence-electron chi connectivity index (χ4n) is 3.00. The molecule has 0 bridgehead atoms. The number of carboxylic acid groups (broad SMARTS) is 1. The van der Waals surface area contributed by atoms with E-state index in [9.17, 15) is 4.79 Å². The number of alkyl halides is 1. The van der Waals surface area contributed by atoms with Crippen molar-refractivity contribution in [3.05, 3.63) is 18.0 Å². The van der Waals surface area contributed by atoms with Crippen LogP contribution < -0.4 is 4.90 Å². The summed E-state index contributed by atoms with van der Waals surface area (Å²) in [4.78, 5) is 19.0. The Morgan fingerprint density at radius 3 is 3.04 bits per heavy atom. The number of thioether (sulfide) groups is 1. The lowest BCUT2D eigenvalue weighted by Gasteiger charge is -2.30. The van der Waals surface area contributed by atoms with Gasteiger partial charge in [0.15, 0.2) is 0 Å². The van der Waals surface area contributed by atoms with Gasteiger partial charge in [0.1, 0.15) is 11.3 Å². The van der Waals surface area contributed by atoms with Crippen LogP contribution in [0.1, 0.15) is 18.7 Å². The van der Waals surface area contributed by atoms with Gasteiger partial charge in [0.2, 0.25) is 0 Å². The van der Waals surface area contributed by atoms with Crippen molar-refractivity contribution in [2.24, 2.45) is 7.05 Å². The van der Waals surface area contributed by atoms with Gasteiger partial charge < -0.3 is 14.6 Å². The third kappa shape index (κ3) is 3.28. The highest BCUT2D eigenvalue weighted by Crippen LogP contribution is 2.40. The third-order valence-electron chi connectivity index (χ3n) is 4.17. The van der Waals surface area contributed by atoms with Gasteiger partial charge in [0, 0.05) is 44.6 Å². The van der Waals surface area contributed by atoms with E-state index in [4.69, 9.17) is 21.7 Å². The smallest absolute Gasteiger partial charge is 0.303 e. The zero-order valence-electron chi connectivity index (χ0n) is 13.1. The van der Waals surface area contributed by atoms with E-state index >= 15 is 0 Å². The second kappa shape index (κ2) is 7.01. The molecule has 0 amide bonds. The second-order valence-electron chi connectivity index (χ2n) is 5.64. The van der Waals surface area contributed by atoms with Crippen molar-refractivity contribution in [1.82, 2.24) is 9.55 Å². The molecule has 2 aromatic rings. The number of hydrogen-bond acceptors (Lipinski definition) is 4. The molecule has 0 unspecified atom stereocenters. The minimum absolute atomic E-state index is 0.180. The van der Waals surface area contributed by atoms with Gasteiger partial charge in [-0.05, 0) is 18.6 Å². The lowest BCUT2D eigenvalue weighted by molar-refractivity contribution is -0.137. The van der Waals surface area contributed by atoms with Gasteiger partial charge in [0.25, 0.3) is 0 Å². The Morgan fingerprint density at radius 1 is 1.48 bits per heavy atom. The predicted octanol–water partition coefficient (Wildman–Crippen LogP) is 3.13. The van der Waals surface area contributed by atoms with Gasteiger partial charge in [-0.3, -0.25) is 4.79 Å². The van der Waals surface area contributed by atoms with Gasteiger partial charge in [-0.2, -0.15) is 0 Å². The summed E-state index contributed by atoms with van der Waals surface area (Å²) in [6.07, 6.45) is 1.47. The molecule has 0 radical (unpaired) electrons. The Morgan fingerprint density at radius 2 is 2.30 bits per heavy atom. The van der Waals surface area contributed by atoms with Crippen LogP contribution in [0.15, 0.2) is 17.0 Å². The SMILES string of the molecule is Cn1c(CCCC(=O)O)nc2c3c(ccc21)N(CCCl)CCS3. The Labute approximate surface area is 144 Å². The molecule has 1 aliphatic rings. The second-order valence-corrected chi connectivity index (χ2v) is 7.12. The number of aliphatic carboxylic acids is 1. The van der Waals surface area contributed by atoms with Crippen LogP contribution in [-0.2, 0) is 18.3 Å². The zero-order valence-corrected chi connectivity index (χ0v) is 14.7. The van der Waals surface area contributed by atoms with Crippen molar-refractivity contribution < 1.29 is 9.90 Å². The quantitative estimate of drug-likeness (QED) is 0.808. The Balaban J connectivity index is 1.95. The van der Waals surface area contributed by atoms with Crippen molar-refractivity contribution >= 4 is 46.1 Å². The van der Waals surface area contributed by atoms with E-state index in [2.05, 4.69) is 21.6 Å². The van der Waals surface area contributed by atoms with Gasteiger partial charge >= 0.3 is 5.97 Å². The van der Waals surface area contributed by atoms with Gasteiger partial charge in [-0.15, -0.1) is 23.4 Å². The Hall–Kier alpha value is -1.40. The molecule has 0 spiro atoms. The minimum Gasteiger partial charge on any atom is -0.481 e. The molecule has 0 fully saturated rings. The molecule has 0 saturated heterocycles. The monoisotopic (exact) mass is 353 g/mol.